The van der Waals surface area contributed by atoms with Gasteiger partial charge in [0.25, 0.3) is 0 Å². The summed E-state index contributed by atoms with van der Waals surface area (Å²) in [5.74, 6) is 0.575. The summed E-state index contributed by atoms with van der Waals surface area (Å²) in [6.07, 6.45) is 0. The molecule has 0 bridgehead atoms. The van der Waals surface area contributed by atoms with Crippen molar-refractivity contribution in [1.82, 2.24) is 0 Å². The molecule has 1 nitrogen and oxygen atoms in total. The second-order valence-corrected chi connectivity index (χ2v) is 5.51. The van der Waals surface area contributed by atoms with Gasteiger partial charge < -0.3 is 5.73 Å². The van der Waals surface area contributed by atoms with Gasteiger partial charge in [-0.1, -0.05) is 12.1 Å². The van der Waals surface area contributed by atoms with Crippen molar-refractivity contribution in [1.29, 1.82) is 0 Å². The number of benzene rings is 2. The van der Waals surface area contributed by atoms with Crippen molar-refractivity contribution in [2.45, 2.75) is 10.6 Å². The standard InChI is InChI=1S/C13H11BrFNS/c14-12-5-4-9(6-13(12)16)8-17-11-3-1-2-10(15)7-11/h1-7H,8,16H2. The summed E-state index contributed by atoms with van der Waals surface area (Å²) in [5, 5.41) is 0. The molecule has 0 heterocycles. The zero-order chi connectivity index (χ0) is 12.3. The molecule has 0 aliphatic rings. The van der Waals surface area contributed by atoms with Gasteiger partial charge in [-0.15, -0.1) is 11.8 Å². The van der Waals surface area contributed by atoms with Crippen LogP contribution in [0.15, 0.2) is 51.8 Å². The molecule has 0 radical (unpaired) electrons. The summed E-state index contributed by atoms with van der Waals surface area (Å²) in [6, 6.07) is 12.5. The maximum atomic E-state index is 13.0. The Kier molecular flexibility index (Phi) is 4.07. The summed E-state index contributed by atoms with van der Waals surface area (Å²) < 4.78 is 13.9. The predicted octanol–water partition coefficient (Wildman–Crippen LogP) is 4.46. The molecule has 0 saturated heterocycles. The number of nitrogen functional groups attached to an aromatic ring is 1. The molecule has 2 rings (SSSR count). The van der Waals surface area contributed by atoms with Crippen molar-refractivity contribution in [2.75, 3.05) is 5.73 Å². The SMILES string of the molecule is Nc1cc(CSc2cccc(F)c2)ccc1Br. The highest BCUT2D eigenvalue weighted by Gasteiger charge is 2.00. The van der Waals surface area contributed by atoms with Crippen molar-refractivity contribution in [3.8, 4) is 0 Å². The Bertz CT molecular complexity index is 531. The molecule has 2 aromatic rings. The van der Waals surface area contributed by atoms with Crippen molar-refractivity contribution in [3.63, 3.8) is 0 Å². The van der Waals surface area contributed by atoms with E-state index in [4.69, 9.17) is 5.73 Å². The maximum Gasteiger partial charge on any atom is 0.124 e. The summed E-state index contributed by atoms with van der Waals surface area (Å²) in [6.45, 7) is 0. The first-order chi connectivity index (χ1) is 8.15. The van der Waals surface area contributed by atoms with Crippen LogP contribution >= 0.6 is 27.7 Å². The van der Waals surface area contributed by atoms with E-state index in [0.29, 0.717) is 0 Å². The summed E-state index contributed by atoms with van der Waals surface area (Å²) >= 11 is 4.94. The minimum atomic E-state index is -0.203. The molecule has 17 heavy (non-hydrogen) atoms. The molecular formula is C13H11BrFNS. The van der Waals surface area contributed by atoms with Crippen LogP contribution in [0.1, 0.15) is 5.56 Å². The molecule has 88 valence electrons. The van der Waals surface area contributed by atoms with Crippen LogP contribution < -0.4 is 5.73 Å². The summed E-state index contributed by atoms with van der Waals surface area (Å²) in [4.78, 5) is 0.923. The Morgan fingerprint density at radius 3 is 2.71 bits per heavy atom. The van der Waals surface area contributed by atoms with Gasteiger partial charge in [0.15, 0.2) is 0 Å². The van der Waals surface area contributed by atoms with Crippen molar-refractivity contribution in [2.24, 2.45) is 0 Å². The average Bonchev–Trinajstić information content (AvgIpc) is 2.31. The molecule has 0 aromatic heterocycles. The van der Waals surface area contributed by atoms with Crippen LogP contribution in [-0.2, 0) is 5.75 Å². The van der Waals surface area contributed by atoms with Gasteiger partial charge in [0.1, 0.15) is 5.82 Å². The van der Waals surface area contributed by atoms with Crippen LogP contribution in [0.4, 0.5) is 10.1 Å². The van der Waals surface area contributed by atoms with E-state index in [-0.39, 0.29) is 5.82 Å². The third kappa shape index (κ3) is 3.48. The van der Waals surface area contributed by atoms with Crippen molar-refractivity contribution in [3.05, 3.63) is 58.3 Å². The van der Waals surface area contributed by atoms with Gasteiger partial charge in [-0.05, 0) is 51.8 Å². The normalized spacial score (nSPS) is 10.5. The van der Waals surface area contributed by atoms with Crippen LogP contribution in [0.3, 0.4) is 0 Å². The number of nitrogens with two attached hydrogens (primary N) is 1. The molecular weight excluding hydrogens is 301 g/mol. The minimum absolute atomic E-state index is 0.203. The number of halogens is 2. The Labute approximate surface area is 112 Å². The van der Waals surface area contributed by atoms with Crippen LogP contribution in [-0.4, -0.2) is 0 Å². The van der Waals surface area contributed by atoms with E-state index in [9.17, 15) is 4.39 Å². The van der Waals surface area contributed by atoms with Crippen LogP contribution in [0.25, 0.3) is 0 Å². The highest BCUT2D eigenvalue weighted by molar-refractivity contribution is 9.10. The van der Waals surface area contributed by atoms with Gasteiger partial charge in [-0.3, -0.25) is 0 Å². The lowest BCUT2D eigenvalue weighted by Crippen LogP contribution is -1.89. The van der Waals surface area contributed by atoms with Gasteiger partial charge >= 0.3 is 0 Å². The van der Waals surface area contributed by atoms with Crippen molar-refractivity contribution >= 4 is 33.4 Å². The topological polar surface area (TPSA) is 26.0 Å². The maximum absolute atomic E-state index is 13.0. The zero-order valence-corrected chi connectivity index (χ0v) is 11.4. The first-order valence-electron chi connectivity index (χ1n) is 5.07. The first kappa shape index (κ1) is 12.5. The molecule has 0 spiro atoms. The fourth-order valence-electron chi connectivity index (χ4n) is 1.41. The predicted molar refractivity (Wildman–Crippen MR) is 74.5 cm³/mol. The number of thioether (sulfide) groups is 1. The highest BCUT2D eigenvalue weighted by Crippen LogP contribution is 2.26. The monoisotopic (exact) mass is 311 g/mol. The van der Waals surface area contributed by atoms with E-state index in [2.05, 4.69) is 15.9 Å². The fourth-order valence-corrected chi connectivity index (χ4v) is 2.54. The largest absolute Gasteiger partial charge is 0.398 e. The fraction of sp³-hybridized carbons (Fsp3) is 0.0769. The van der Waals surface area contributed by atoms with Crippen LogP contribution in [0, 0.1) is 5.82 Å². The quantitative estimate of drug-likeness (QED) is 0.669. The molecule has 2 N–H and O–H groups in total. The Balaban J connectivity index is 2.05. The zero-order valence-electron chi connectivity index (χ0n) is 8.99. The lowest BCUT2D eigenvalue weighted by Gasteiger charge is -2.04. The molecule has 0 amide bonds. The minimum Gasteiger partial charge on any atom is -0.398 e. The van der Waals surface area contributed by atoms with E-state index in [1.807, 2.05) is 24.3 Å². The summed E-state index contributed by atoms with van der Waals surface area (Å²) in [5.41, 5.74) is 7.65. The van der Waals surface area contributed by atoms with Gasteiger partial charge in [-0.2, -0.15) is 0 Å². The third-order valence-electron chi connectivity index (χ3n) is 2.26. The molecule has 0 aliphatic heterocycles. The van der Waals surface area contributed by atoms with E-state index < -0.39 is 0 Å². The van der Waals surface area contributed by atoms with E-state index in [0.717, 1.165) is 26.4 Å². The number of hydrogen-bond acceptors (Lipinski definition) is 2. The highest BCUT2D eigenvalue weighted by atomic mass is 79.9. The first-order valence-corrected chi connectivity index (χ1v) is 6.85. The smallest absolute Gasteiger partial charge is 0.124 e. The van der Waals surface area contributed by atoms with E-state index in [1.54, 1.807) is 17.8 Å². The van der Waals surface area contributed by atoms with Gasteiger partial charge in [0.2, 0.25) is 0 Å². The van der Waals surface area contributed by atoms with Crippen LogP contribution in [0.2, 0.25) is 0 Å². The number of hydrogen-bond donors (Lipinski definition) is 1. The number of rotatable bonds is 3. The van der Waals surface area contributed by atoms with E-state index >= 15 is 0 Å². The Hall–Kier alpha value is -1.00. The molecule has 0 aliphatic carbocycles. The molecule has 0 saturated carbocycles. The molecule has 0 atom stereocenters. The van der Waals surface area contributed by atoms with Gasteiger partial charge in [0, 0.05) is 20.8 Å². The lowest BCUT2D eigenvalue weighted by atomic mass is 10.2. The molecule has 4 heteroatoms. The molecule has 0 unspecified atom stereocenters. The van der Waals surface area contributed by atoms with Crippen molar-refractivity contribution < 1.29 is 4.39 Å². The van der Waals surface area contributed by atoms with Gasteiger partial charge in [-0.25, -0.2) is 4.39 Å². The second kappa shape index (κ2) is 5.56. The Morgan fingerprint density at radius 1 is 1.18 bits per heavy atom. The van der Waals surface area contributed by atoms with E-state index in [1.165, 1.54) is 12.1 Å². The lowest BCUT2D eigenvalue weighted by molar-refractivity contribution is 0.624. The second-order valence-electron chi connectivity index (χ2n) is 3.60. The molecule has 0 fully saturated rings. The summed E-state index contributed by atoms with van der Waals surface area (Å²) in [7, 11) is 0. The van der Waals surface area contributed by atoms with Gasteiger partial charge in [0.05, 0.1) is 0 Å². The third-order valence-corrected chi connectivity index (χ3v) is 4.05. The average molecular weight is 312 g/mol. The molecule has 2 aromatic carbocycles. The number of anilines is 1. The Morgan fingerprint density at radius 2 is 2.00 bits per heavy atom. The van der Waals surface area contributed by atoms with Crippen LogP contribution in [0.5, 0.6) is 0 Å².